The van der Waals surface area contributed by atoms with Crippen LogP contribution in [0, 0.1) is 12.7 Å². The Labute approximate surface area is 122 Å². The van der Waals surface area contributed by atoms with Gasteiger partial charge in [0.05, 0.1) is 17.1 Å². The van der Waals surface area contributed by atoms with E-state index in [2.05, 4.69) is 4.98 Å². The summed E-state index contributed by atoms with van der Waals surface area (Å²) in [7, 11) is 1.91. The Kier molecular flexibility index (Phi) is 3.47. The molecule has 3 rings (SSSR count). The molecule has 0 spiro atoms. The molecule has 3 aromatic rings. The highest BCUT2D eigenvalue weighted by Gasteiger charge is 2.17. The van der Waals surface area contributed by atoms with E-state index in [0.717, 1.165) is 22.4 Å². The lowest BCUT2D eigenvalue weighted by Gasteiger charge is -2.12. The Morgan fingerprint density at radius 1 is 1.24 bits per heavy atom. The highest BCUT2D eigenvalue weighted by atomic mass is 19.1. The van der Waals surface area contributed by atoms with Gasteiger partial charge >= 0.3 is 0 Å². The van der Waals surface area contributed by atoms with Crippen LogP contribution in [0.3, 0.4) is 0 Å². The van der Waals surface area contributed by atoms with Crippen LogP contribution < -0.4 is 0 Å². The molecule has 0 fully saturated rings. The first-order chi connectivity index (χ1) is 10.1. The number of aliphatic hydroxyl groups excluding tert-OH is 1. The van der Waals surface area contributed by atoms with Crippen molar-refractivity contribution >= 4 is 11.0 Å². The van der Waals surface area contributed by atoms with Gasteiger partial charge in [-0.3, -0.25) is 0 Å². The molecule has 3 nitrogen and oxygen atoms in total. The fraction of sp³-hybridized carbons (Fsp3) is 0.235. The lowest BCUT2D eigenvalue weighted by molar-refractivity contribution is 0.170. The molecule has 1 unspecified atom stereocenters. The molecule has 21 heavy (non-hydrogen) atoms. The van der Waals surface area contributed by atoms with Gasteiger partial charge < -0.3 is 9.67 Å². The van der Waals surface area contributed by atoms with Gasteiger partial charge in [-0.2, -0.15) is 0 Å². The summed E-state index contributed by atoms with van der Waals surface area (Å²) >= 11 is 0. The quantitative estimate of drug-likeness (QED) is 0.801. The molecule has 1 heterocycles. The third-order valence-corrected chi connectivity index (χ3v) is 3.77. The number of halogens is 1. The Morgan fingerprint density at radius 3 is 2.71 bits per heavy atom. The van der Waals surface area contributed by atoms with Crippen molar-refractivity contribution in [3.8, 4) is 0 Å². The molecule has 0 aliphatic heterocycles. The number of fused-ring (bicyclic) bond motifs is 1. The molecule has 1 N–H and O–H groups in total. The van der Waals surface area contributed by atoms with Crippen molar-refractivity contribution in [2.24, 2.45) is 7.05 Å². The largest absolute Gasteiger partial charge is 0.388 e. The normalized spacial score (nSPS) is 12.8. The summed E-state index contributed by atoms with van der Waals surface area (Å²) < 4.78 is 15.9. The molecule has 0 amide bonds. The average molecular weight is 284 g/mol. The molecular weight excluding hydrogens is 267 g/mol. The topological polar surface area (TPSA) is 38.1 Å². The van der Waals surface area contributed by atoms with Crippen LogP contribution in [0.1, 0.15) is 23.1 Å². The number of aryl methyl sites for hydroxylation is 2. The SMILES string of the molecule is Cc1ccc(C(O)Cc2nc3ccccc3n2C)c(F)c1. The van der Waals surface area contributed by atoms with Crippen LogP contribution in [-0.4, -0.2) is 14.7 Å². The van der Waals surface area contributed by atoms with Gasteiger partial charge in [-0.05, 0) is 30.7 Å². The van der Waals surface area contributed by atoms with Gasteiger partial charge in [-0.25, -0.2) is 9.37 Å². The monoisotopic (exact) mass is 284 g/mol. The Morgan fingerprint density at radius 2 is 2.00 bits per heavy atom. The Bertz CT molecular complexity index is 795. The van der Waals surface area contributed by atoms with Gasteiger partial charge in [0.1, 0.15) is 11.6 Å². The van der Waals surface area contributed by atoms with Crippen molar-refractivity contribution < 1.29 is 9.50 Å². The molecule has 0 bridgehead atoms. The second-order valence-corrected chi connectivity index (χ2v) is 5.32. The predicted octanol–water partition coefficient (Wildman–Crippen LogP) is 3.30. The number of nitrogens with zero attached hydrogens (tertiary/aromatic N) is 2. The second-order valence-electron chi connectivity index (χ2n) is 5.32. The molecule has 1 aromatic heterocycles. The zero-order valence-corrected chi connectivity index (χ0v) is 12.0. The van der Waals surface area contributed by atoms with Crippen molar-refractivity contribution in [3.05, 3.63) is 65.2 Å². The van der Waals surface area contributed by atoms with Crippen LogP contribution in [0.5, 0.6) is 0 Å². The van der Waals surface area contributed by atoms with E-state index >= 15 is 0 Å². The van der Waals surface area contributed by atoms with Crippen LogP contribution in [0.4, 0.5) is 4.39 Å². The van der Waals surface area contributed by atoms with E-state index in [1.165, 1.54) is 6.07 Å². The van der Waals surface area contributed by atoms with Gasteiger partial charge in [0.2, 0.25) is 0 Å². The molecule has 0 saturated heterocycles. The maximum atomic E-state index is 13.9. The minimum Gasteiger partial charge on any atom is -0.388 e. The number of imidazole rings is 1. The lowest BCUT2D eigenvalue weighted by atomic mass is 10.0. The Balaban J connectivity index is 1.92. The Hall–Kier alpha value is -2.20. The van der Waals surface area contributed by atoms with Crippen molar-refractivity contribution in [1.82, 2.24) is 9.55 Å². The zero-order valence-electron chi connectivity index (χ0n) is 12.0. The summed E-state index contributed by atoms with van der Waals surface area (Å²) in [4.78, 5) is 4.51. The van der Waals surface area contributed by atoms with Crippen molar-refractivity contribution in [2.75, 3.05) is 0 Å². The molecular formula is C17H17FN2O. The van der Waals surface area contributed by atoms with Crippen molar-refractivity contribution in [1.29, 1.82) is 0 Å². The molecule has 4 heteroatoms. The summed E-state index contributed by atoms with van der Waals surface area (Å²) in [6, 6.07) is 12.7. The third kappa shape index (κ3) is 2.54. The summed E-state index contributed by atoms with van der Waals surface area (Å²) in [6.45, 7) is 1.82. The number of aromatic nitrogens is 2. The molecule has 0 aliphatic rings. The first-order valence-electron chi connectivity index (χ1n) is 6.90. The summed E-state index contributed by atoms with van der Waals surface area (Å²) in [6.07, 6.45) is -0.619. The van der Waals surface area contributed by atoms with Crippen LogP contribution >= 0.6 is 0 Å². The first-order valence-corrected chi connectivity index (χ1v) is 6.90. The van der Waals surface area contributed by atoms with E-state index < -0.39 is 6.10 Å². The van der Waals surface area contributed by atoms with Crippen LogP contribution in [0.2, 0.25) is 0 Å². The molecule has 0 aliphatic carbocycles. The molecule has 108 valence electrons. The minimum absolute atomic E-state index is 0.283. The molecule has 0 radical (unpaired) electrons. The average Bonchev–Trinajstić information content (AvgIpc) is 2.76. The minimum atomic E-state index is -0.902. The van der Waals surface area contributed by atoms with E-state index in [1.807, 2.05) is 42.8 Å². The number of benzene rings is 2. The van der Waals surface area contributed by atoms with Gasteiger partial charge in [0, 0.05) is 19.0 Å². The van der Waals surface area contributed by atoms with E-state index in [-0.39, 0.29) is 12.2 Å². The van der Waals surface area contributed by atoms with Crippen molar-refractivity contribution in [3.63, 3.8) is 0 Å². The van der Waals surface area contributed by atoms with Gasteiger partial charge in [-0.15, -0.1) is 0 Å². The fourth-order valence-electron chi connectivity index (χ4n) is 2.56. The number of hydrogen-bond acceptors (Lipinski definition) is 2. The van der Waals surface area contributed by atoms with Gasteiger partial charge in [0.15, 0.2) is 0 Å². The van der Waals surface area contributed by atoms with Gasteiger partial charge in [-0.1, -0.05) is 24.3 Å². The highest BCUT2D eigenvalue weighted by Crippen LogP contribution is 2.23. The number of aliphatic hydroxyl groups is 1. The molecule has 0 saturated carbocycles. The van der Waals surface area contributed by atoms with E-state index in [4.69, 9.17) is 0 Å². The molecule has 2 aromatic carbocycles. The van der Waals surface area contributed by atoms with Crippen LogP contribution in [0.15, 0.2) is 42.5 Å². The fourth-order valence-corrected chi connectivity index (χ4v) is 2.56. The van der Waals surface area contributed by atoms with Gasteiger partial charge in [0.25, 0.3) is 0 Å². The standard InChI is InChI=1S/C17H17FN2O/c1-11-7-8-12(13(18)9-11)16(21)10-17-19-14-5-3-4-6-15(14)20(17)2/h3-9,16,21H,10H2,1-2H3. The second kappa shape index (κ2) is 5.30. The first kappa shape index (κ1) is 13.8. The summed E-state index contributed by atoms with van der Waals surface area (Å²) in [5, 5.41) is 10.3. The van der Waals surface area contributed by atoms with Crippen LogP contribution in [0.25, 0.3) is 11.0 Å². The predicted molar refractivity (Wildman–Crippen MR) is 80.5 cm³/mol. The number of para-hydroxylation sites is 2. The number of rotatable bonds is 3. The number of hydrogen-bond donors (Lipinski definition) is 1. The van der Waals surface area contributed by atoms with E-state index in [9.17, 15) is 9.50 Å². The lowest BCUT2D eigenvalue weighted by Crippen LogP contribution is -2.08. The highest BCUT2D eigenvalue weighted by molar-refractivity contribution is 5.75. The summed E-state index contributed by atoms with van der Waals surface area (Å²) in [5.74, 6) is 0.366. The molecule has 1 atom stereocenters. The van der Waals surface area contributed by atoms with Crippen LogP contribution in [-0.2, 0) is 13.5 Å². The van der Waals surface area contributed by atoms with Crippen molar-refractivity contribution in [2.45, 2.75) is 19.4 Å². The van der Waals surface area contributed by atoms with E-state index in [1.54, 1.807) is 12.1 Å². The van der Waals surface area contributed by atoms with E-state index in [0.29, 0.717) is 5.56 Å². The zero-order chi connectivity index (χ0) is 15.0. The summed E-state index contributed by atoms with van der Waals surface area (Å²) in [5.41, 5.74) is 3.04. The maximum absolute atomic E-state index is 13.9. The smallest absolute Gasteiger partial charge is 0.129 e. The third-order valence-electron chi connectivity index (χ3n) is 3.77. The maximum Gasteiger partial charge on any atom is 0.129 e.